The molecular weight excluding hydrogens is 480 g/mol. The van der Waals surface area contributed by atoms with Gasteiger partial charge in [0.15, 0.2) is 0 Å². The van der Waals surface area contributed by atoms with Crippen molar-refractivity contribution >= 4 is 39.4 Å². The maximum Gasteiger partial charge on any atom is 0.260 e. The second-order valence-corrected chi connectivity index (χ2v) is 9.46. The summed E-state index contributed by atoms with van der Waals surface area (Å²) in [6.45, 7) is 6.95. The van der Waals surface area contributed by atoms with Crippen LogP contribution < -0.4 is 20.1 Å². The molecule has 5 aromatic rings. The van der Waals surface area contributed by atoms with Gasteiger partial charge in [-0.05, 0) is 61.7 Å². The number of benzene rings is 2. The number of nitrogens with zero attached hydrogens (tertiary/aromatic N) is 2. The van der Waals surface area contributed by atoms with Crippen LogP contribution >= 0.6 is 0 Å². The van der Waals surface area contributed by atoms with Crippen molar-refractivity contribution in [2.75, 3.05) is 24.3 Å². The van der Waals surface area contributed by atoms with Gasteiger partial charge in [0, 0.05) is 35.6 Å². The summed E-state index contributed by atoms with van der Waals surface area (Å²) in [5.41, 5.74) is 1.79. The summed E-state index contributed by atoms with van der Waals surface area (Å²) in [5, 5.41) is 7.76. The Morgan fingerprint density at radius 2 is 1.79 bits per heavy atom. The lowest BCUT2D eigenvalue weighted by atomic mass is 10.1. The summed E-state index contributed by atoms with van der Waals surface area (Å²) < 4.78 is 17.4. The van der Waals surface area contributed by atoms with Gasteiger partial charge in [-0.1, -0.05) is 19.9 Å². The van der Waals surface area contributed by atoms with E-state index < -0.39 is 0 Å². The third kappa shape index (κ3) is 5.39. The first-order chi connectivity index (χ1) is 18.4. The highest BCUT2D eigenvalue weighted by atomic mass is 16.5. The topological polar surface area (TPSA) is 98.5 Å². The molecule has 0 unspecified atom stereocenters. The molecule has 2 N–H and O–H groups in total. The van der Waals surface area contributed by atoms with Crippen molar-refractivity contribution in [1.29, 1.82) is 0 Å². The van der Waals surface area contributed by atoms with E-state index in [4.69, 9.17) is 13.9 Å². The Bertz CT molecular complexity index is 1610. The van der Waals surface area contributed by atoms with Gasteiger partial charge in [0.05, 0.1) is 18.2 Å². The Labute approximate surface area is 221 Å². The molecule has 1 amide bonds. The Morgan fingerprint density at radius 1 is 1.00 bits per heavy atom. The molecule has 0 spiro atoms. The number of methoxy groups -OCH3 is 1. The molecule has 0 saturated heterocycles. The zero-order valence-electron chi connectivity index (χ0n) is 21.9. The smallest absolute Gasteiger partial charge is 0.260 e. The first-order valence-electron chi connectivity index (χ1n) is 12.6. The highest BCUT2D eigenvalue weighted by molar-refractivity contribution is 6.13. The lowest BCUT2D eigenvalue weighted by Crippen LogP contribution is -2.14. The van der Waals surface area contributed by atoms with Gasteiger partial charge in [0.1, 0.15) is 40.2 Å². The Kier molecular flexibility index (Phi) is 7.13. The molecule has 0 atom stereocenters. The number of ether oxygens (including phenoxy) is 2. The lowest BCUT2D eigenvalue weighted by Gasteiger charge is -2.10. The van der Waals surface area contributed by atoms with Crippen molar-refractivity contribution in [2.24, 2.45) is 5.92 Å². The summed E-state index contributed by atoms with van der Waals surface area (Å²) in [6, 6.07) is 18.4. The van der Waals surface area contributed by atoms with E-state index in [2.05, 4.69) is 34.4 Å². The molecule has 38 heavy (non-hydrogen) atoms. The van der Waals surface area contributed by atoms with Gasteiger partial charge in [-0.15, -0.1) is 0 Å². The van der Waals surface area contributed by atoms with Crippen LogP contribution in [-0.4, -0.2) is 29.5 Å². The van der Waals surface area contributed by atoms with E-state index in [-0.39, 0.29) is 5.91 Å². The standard InChI is InChI=1S/C30H30N4O4/c1-18(2)12-14-32-27-6-5-7-28(33-27)34-30(35)29-19(3)37-26-17-21(9-11-23(26)29)38-25-13-15-31-24-16-20(36-4)8-10-22(24)25/h5-11,13,15-18H,12,14H2,1-4H3,(H2,32,33,34,35). The van der Waals surface area contributed by atoms with Gasteiger partial charge in [-0.25, -0.2) is 4.98 Å². The molecule has 0 aliphatic carbocycles. The van der Waals surface area contributed by atoms with Crippen molar-refractivity contribution in [3.05, 3.63) is 78.2 Å². The molecule has 3 aromatic heterocycles. The van der Waals surface area contributed by atoms with Crippen LogP contribution in [0.4, 0.5) is 11.6 Å². The predicted octanol–water partition coefficient (Wildman–Crippen LogP) is 7.20. The van der Waals surface area contributed by atoms with Crippen LogP contribution in [-0.2, 0) is 0 Å². The second-order valence-electron chi connectivity index (χ2n) is 9.46. The molecule has 0 aliphatic rings. The summed E-state index contributed by atoms with van der Waals surface area (Å²) in [4.78, 5) is 22.1. The number of rotatable bonds is 9. The maximum absolute atomic E-state index is 13.2. The van der Waals surface area contributed by atoms with E-state index in [1.54, 1.807) is 32.4 Å². The molecular formula is C30H30N4O4. The summed E-state index contributed by atoms with van der Waals surface area (Å²) in [5.74, 6) is 4.00. The SMILES string of the molecule is COc1ccc2c(Oc3ccc4c(C(=O)Nc5cccc(NCCC(C)C)n5)c(C)oc4c3)ccnc2c1. The third-order valence-electron chi connectivity index (χ3n) is 6.22. The van der Waals surface area contributed by atoms with E-state index in [0.29, 0.717) is 45.5 Å². The van der Waals surface area contributed by atoms with Gasteiger partial charge in [-0.2, -0.15) is 0 Å². The molecule has 194 valence electrons. The predicted molar refractivity (Wildman–Crippen MR) is 149 cm³/mol. The van der Waals surface area contributed by atoms with Crippen LogP contribution in [0.5, 0.6) is 17.2 Å². The Balaban J connectivity index is 1.35. The van der Waals surface area contributed by atoms with Gasteiger partial charge < -0.3 is 24.5 Å². The second kappa shape index (κ2) is 10.8. The Morgan fingerprint density at radius 3 is 2.61 bits per heavy atom. The molecule has 0 fully saturated rings. The summed E-state index contributed by atoms with van der Waals surface area (Å²) in [7, 11) is 1.62. The fourth-order valence-corrected chi connectivity index (χ4v) is 4.26. The van der Waals surface area contributed by atoms with Crippen molar-refractivity contribution in [3.8, 4) is 17.2 Å². The largest absolute Gasteiger partial charge is 0.497 e. The van der Waals surface area contributed by atoms with E-state index >= 15 is 0 Å². The zero-order chi connectivity index (χ0) is 26.6. The molecule has 0 radical (unpaired) electrons. The zero-order valence-corrected chi connectivity index (χ0v) is 21.9. The minimum absolute atomic E-state index is 0.282. The lowest BCUT2D eigenvalue weighted by molar-refractivity contribution is 0.102. The minimum atomic E-state index is -0.282. The fraction of sp³-hybridized carbons (Fsp3) is 0.233. The number of carbonyl (C=O) groups is 1. The molecule has 0 saturated carbocycles. The van der Waals surface area contributed by atoms with E-state index in [1.807, 2.05) is 48.5 Å². The average Bonchev–Trinajstić information content (AvgIpc) is 3.23. The van der Waals surface area contributed by atoms with Crippen molar-refractivity contribution < 1.29 is 18.7 Å². The number of furan rings is 1. The Hall–Kier alpha value is -4.59. The first kappa shape index (κ1) is 25.1. The van der Waals surface area contributed by atoms with Crippen LogP contribution in [0.2, 0.25) is 0 Å². The molecule has 2 aromatic carbocycles. The van der Waals surface area contributed by atoms with Crippen LogP contribution in [0.15, 0.2) is 71.3 Å². The maximum atomic E-state index is 13.2. The monoisotopic (exact) mass is 510 g/mol. The van der Waals surface area contributed by atoms with E-state index in [9.17, 15) is 4.79 Å². The number of anilines is 2. The normalized spacial score (nSPS) is 11.2. The van der Waals surface area contributed by atoms with Crippen LogP contribution in [0.3, 0.4) is 0 Å². The van der Waals surface area contributed by atoms with Crippen LogP contribution in [0.25, 0.3) is 21.9 Å². The number of aromatic nitrogens is 2. The van der Waals surface area contributed by atoms with Gasteiger partial charge in [0.25, 0.3) is 5.91 Å². The quantitative estimate of drug-likeness (QED) is 0.216. The van der Waals surface area contributed by atoms with Gasteiger partial charge in [-0.3, -0.25) is 9.78 Å². The van der Waals surface area contributed by atoms with Gasteiger partial charge >= 0.3 is 0 Å². The number of carbonyl (C=O) groups excluding carboxylic acids is 1. The average molecular weight is 511 g/mol. The highest BCUT2D eigenvalue weighted by Gasteiger charge is 2.20. The third-order valence-corrected chi connectivity index (χ3v) is 6.22. The van der Waals surface area contributed by atoms with E-state index in [1.165, 1.54) is 0 Å². The molecule has 5 rings (SSSR count). The van der Waals surface area contributed by atoms with E-state index in [0.717, 1.165) is 35.4 Å². The molecule has 0 aliphatic heterocycles. The number of pyridine rings is 2. The molecule has 8 nitrogen and oxygen atoms in total. The first-order valence-corrected chi connectivity index (χ1v) is 12.6. The molecule has 3 heterocycles. The fourth-order valence-electron chi connectivity index (χ4n) is 4.26. The highest BCUT2D eigenvalue weighted by Crippen LogP contribution is 2.34. The minimum Gasteiger partial charge on any atom is -0.497 e. The number of fused-ring (bicyclic) bond motifs is 2. The van der Waals surface area contributed by atoms with Crippen molar-refractivity contribution in [2.45, 2.75) is 27.2 Å². The van der Waals surface area contributed by atoms with Crippen LogP contribution in [0.1, 0.15) is 36.4 Å². The molecule has 8 heteroatoms. The van der Waals surface area contributed by atoms with Crippen molar-refractivity contribution in [1.82, 2.24) is 9.97 Å². The number of aryl methyl sites for hydroxylation is 1. The van der Waals surface area contributed by atoms with Gasteiger partial charge in [0.2, 0.25) is 0 Å². The molecule has 0 bridgehead atoms. The van der Waals surface area contributed by atoms with Crippen molar-refractivity contribution in [3.63, 3.8) is 0 Å². The number of hydrogen-bond donors (Lipinski definition) is 2. The number of nitrogens with one attached hydrogen (secondary N) is 2. The number of hydrogen-bond acceptors (Lipinski definition) is 7. The summed E-state index contributed by atoms with van der Waals surface area (Å²) in [6.07, 6.45) is 2.73. The van der Waals surface area contributed by atoms with Crippen LogP contribution in [0, 0.1) is 12.8 Å². The number of amides is 1. The summed E-state index contributed by atoms with van der Waals surface area (Å²) >= 11 is 0.